The van der Waals surface area contributed by atoms with Crippen LogP contribution in [0.25, 0.3) is 0 Å². The van der Waals surface area contributed by atoms with Gasteiger partial charge in [0, 0.05) is 30.8 Å². The predicted molar refractivity (Wildman–Crippen MR) is 94.1 cm³/mol. The van der Waals surface area contributed by atoms with E-state index in [9.17, 15) is 9.59 Å². The Morgan fingerprint density at radius 2 is 2.12 bits per heavy atom. The summed E-state index contributed by atoms with van der Waals surface area (Å²) in [6.07, 6.45) is 0.749. The van der Waals surface area contributed by atoms with Crippen LogP contribution in [0.4, 0.5) is 10.5 Å². The molecule has 1 saturated heterocycles. The second kappa shape index (κ2) is 6.47. The van der Waals surface area contributed by atoms with Crippen molar-refractivity contribution in [3.05, 3.63) is 59.7 Å². The van der Waals surface area contributed by atoms with Gasteiger partial charge in [0.2, 0.25) is 0 Å². The molecule has 0 radical (unpaired) electrons. The first kappa shape index (κ1) is 15.5. The van der Waals surface area contributed by atoms with E-state index in [1.54, 1.807) is 23.1 Å². The van der Waals surface area contributed by atoms with Crippen molar-refractivity contribution >= 4 is 17.6 Å². The van der Waals surface area contributed by atoms with Crippen LogP contribution < -0.4 is 20.3 Å². The van der Waals surface area contributed by atoms with E-state index in [2.05, 4.69) is 10.6 Å². The maximum Gasteiger partial charge on any atom is 0.321 e. The fourth-order valence-electron chi connectivity index (χ4n) is 3.21. The number of nitrogens with zero attached hydrogens (tertiary/aromatic N) is 1. The molecular weight excluding hydrogens is 318 g/mol. The summed E-state index contributed by atoms with van der Waals surface area (Å²) in [7, 11) is 0. The van der Waals surface area contributed by atoms with E-state index in [0.717, 1.165) is 17.9 Å². The lowest BCUT2D eigenvalue weighted by Gasteiger charge is -2.16. The lowest BCUT2D eigenvalue weighted by molar-refractivity contribution is 0.0933. The average Bonchev–Trinajstić information content (AvgIpc) is 3.25. The standard InChI is InChI=1S/C19H19N3O3/c23-18(21-12-16-11-13-4-1-2-7-17(13)25-16)14-5-3-6-15(10-14)22-9-8-20-19(22)24/h1-7,10,16H,8-9,11-12H2,(H,20,24)(H,21,23)/t16-/m0/s1. The Bertz CT molecular complexity index is 796. The van der Waals surface area contributed by atoms with Gasteiger partial charge in [-0.15, -0.1) is 0 Å². The van der Waals surface area contributed by atoms with E-state index >= 15 is 0 Å². The molecule has 0 spiro atoms. The van der Waals surface area contributed by atoms with Crippen LogP contribution >= 0.6 is 0 Å². The van der Waals surface area contributed by atoms with Gasteiger partial charge < -0.3 is 15.4 Å². The molecule has 2 aliphatic heterocycles. The van der Waals surface area contributed by atoms with Crippen molar-refractivity contribution in [3.8, 4) is 5.75 Å². The third-order valence-corrected chi connectivity index (χ3v) is 4.48. The Morgan fingerprint density at radius 3 is 2.92 bits per heavy atom. The highest BCUT2D eigenvalue weighted by atomic mass is 16.5. The fraction of sp³-hybridized carbons (Fsp3) is 0.263. The summed E-state index contributed by atoms with van der Waals surface area (Å²) in [6, 6.07) is 14.9. The Balaban J connectivity index is 1.38. The van der Waals surface area contributed by atoms with Crippen LogP contribution in [0.5, 0.6) is 5.75 Å². The highest BCUT2D eigenvalue weighted by molar-refractivity contribution is 5.98. The van der Waals surface area contributed by atoms with Crippen molar-refractivity contribution in [1.82, 2.24) is 10.6 Å². The van der Waals surface area contributed by atoms with Crippen molar-refractivity contribution in [1.29, 1.82) is 0 Å². The molecule has 0 saturated carbocycles. The van der Waals surface area contributed by atoms with Gasteiger partial charge in [-0.05, 0) is 29.8 Å². The molecule has 128 valence electrons. The van der Waals surface area contributed by atoms with E-state index < -0.39 is 0 Å². The number of benzene rings is 2. The summed E-state index contributed by atoms with van der Waals surface area (Å²) in [5.41, 5.74) is 2.43. The molecule has 2 N–H and O–H groups in total. The summed E-state index contributed by atoms with van der Waals surface area (Å²) in [5, 5.41) is 5.68. The minimum absolute atomic E-state index is 0.0473. The zero-order valence-corrected chi connectivity index (χ0v) is 13.7. The molecule has 0 aromatic heterocycles. The molecule has 1 fully saturated rings. The van der Waals surface area contributed by atoms with E-state index in [4.69, 9.17) is 4.74 Å². The minimum Gasteiger partial charge on any atom is -0.488 e. The molecule has 2 aliphatic rings. The number of carbonyl (C=O) groups excluding carboxylic acids is 2. The largest absolute Gasteiger partial charge is 0.488 e. The van der Waals surface area contributed by atoms with Crippen LogP contribution in [0.1, 0.15) is 15.9 Å². The summed E-state index contributed by atoms with van der Waals surface area (Å²) >= 11 is 0. The maximum atomic E-state index is 12.4. The number of nitrogens with one attached hydrogen (secondary N) is 2. The van der Waals surface area contributed by atoms with Crippen LogP contribution in [-0.4, -0.2) is 37.7 Å². The van der Waals surface area contributed by atoms with Crippen LogP contribution in [0.3, 0.4) is 0 Å². The molecular formula is C19H19N3O3. The molecule has 2 heterocycles. The van der Waals surface area contributed by atoms with Crippen molar-refractivity contribution in [2.45, 2.75) is 12.5 Å². The highest BCUT2D eigenvalue weighted by Crippen LogP contribution is 2.27. The summed E-state index contributed by atoms with van der Waals surface area (Å²) in [5.74, 6) is 0.727. The van der Waals surface area contributed by atoms with Gasteiger partial charge in [0.1, 0.15) is 11.9 Å². The quantitative estimate of drug-likeness (QED) is 0.896. The fourth-order valence-corrected chi connectivity index (χ4v) is 3.21. The molecule has 0 unspecified atom stereocenters. The Kier molecular flexibility index (Phi) is 4.01. The Morgan fingerprint density at radius 1 is 1.24 bits per heavy atom. The van der Waals surface area contributed by atoms with Crippen molar-refractivity contribution in [2.24, 2.45) is 0 Å². The maximum absolute atomic E-state index is 12.4. The van der Waals surface area contributed by atoms with E-state index in [1.807, 2.05) is 30.3 Å². The molecule has 2 aromatic carbocycles. The van der Waals surface area contributed by atoms with Gasteiger partial charge >= 0.3 is 6.03 Å². The van der Waals surface area contributed by atoms with Crippen LogP contribution in [-0.2, 0) is 6.42 Å². The number of para-hydroxylation sites is 1. The molecule has 25 heavy (non-hydrogen) atoms. The number of hydrogen-bond donors (Lipinski definition) is 2. The molecule has 4 rings (SSSR count). The van der Waals surface area contributed by atoms with E-state index in [-0.39, 0.29) is 18.0 Å². The number of rotatable bonds is 4. The SMILES string of the molecule is O=C(NC[C@@H]1Cc2ccccc2O1)c1cccc(N2CCNC2=O)c1. The molecule has 0 aliphatic carbocycles. The molecule has 2 aromatic rings. The number of urea groups is 1. The summed E-state index contributed by atoms with van der Waals surface area (Å²) in [6.45, 7) is 1.68. The average molecular weight is 337 g/mol. The number of anilines is 1. The third kappa shape index (κ3) is 3.15. The second-order valence-corrected chi connectivity index (χ2v) is 6.20. The van der Waals surface area contributed by atoms with Crippen molar-refractivity contribution < 1.29 is 14.3 Å². The van der Waals surface area contributed by atoms with Gasteiger partial charge in [0.25, 0.3) is 5.91 Å². The minimum atomic E-state index is -0.166. The van der Waals surface area contributed by atoms with Gasteiger partial charge in [-0.3, -0.25) is 9.69 Å². The zero-order valence-electron chi connectivity index (χ0n) is 13.7. The molecule has 1 atom stereocenters. The number of ether oxygens (including phenoxy) is 1. The number of amides is 3. The van der Waals surface area contributed by atoms with Gasteiger partial charge in [-0.1, -0.05) is 24.3 Å². The molecule has 6 nitrogen and oxygen atoms in total. The van der Waals surface area contributed by atoms with Crippen LogP contribution in [0.15, 0.2) is 48.5 Å². The van der Waals surface area contributed by atoms with Gasteiger partial charge in [-0.2, -0.15) is 0 Å². The first-order valence-corrected chi connectivity index (χ1v) is 8.39. The Labute approximate surface area is 145 Å². The second-order valence-electron chi connectivity index (χ2n) is 6.20. The lowest BCUT2D eigenvalue weighted by Crippen LogP contribution is -2.34. The van der Waals surface area contributed by atoms with Gasteiger partial charge in [0.05, 0.1) is 6.54 Å². The lowest BCUT2D eigenvalue weighted by atomic mass is 10.1. The highest BCUT2D eigenvalue weighted by Gasteiger charge is 2.24. The van der Waals surface area contributed by atoms with Crippen LogP contribution in [0.2, 0.25) is 0 Å². The summed E-state index contributed by atoms with van der Waals surface area (Å²) < 4.78 is 5.84. The van der Waals surface area contributed by atoms with E-state index in [0.29, 0.717) is 25.2 Å². The number of carbonyl (C=O) groups is 2. The normalized spacial score (nSPS) is 18.5. The molecule has 0 bridgehead atoms. The van der Waals surface area contributed by atoms with Crippen molar-refractivity contribution in [2.75, 3.05) is 24.5 Å². The smallest absolute Gasteiger partial charge is 0.321 e. The Hall–Kier alpha value is -3.02. The molecule has 6 heteroatoms. The predicted octanol–water partition coefficient (Wildman–Crippen LogP) is 1.95. The number of fused-ring (bicyclic) bond motifs is 1. The monoisotopic (exact) mass is 337 g/mol. The van der Waals surface area contributed by atoms with E-state index in [1.165, 1.54) is 5.56 Å². The first-order chi connectivity index (χ1) is 12.2. The topological polar surface area (TPSA) is 70.7 Å². The zero-order chi connectivity index (χ0) is 17.2. The molecule has 3 amide bonds. The summed E-state index contributed by atoms with van der Waals surface area (Å²) in [4.78, 5) is 25.8. The van der Waals surface area contributed by atoms with Gasteiger partial charge in [-0.25, -0.2) is 4.79 Å². The van der Waals surface area contributed by atoms with Crippen LogP contribution in [0, 0.1) is 0 Å². The van der Waals surface area contributed by atoms with Crippen molar-refractivity contribution in [3.63, 3.8) is 0 Å². The number of hydrogen-bond acceptors (Lipinski definition) is 3. The third-order valence-electron chi connectivity index (χ3n) is 4.48. The first-order valence-electron chi connectivity index (χ1n) is 8.39. The van der Waals surface area contributed by atoms with Gasteiger partial charge in [0.15, 0.2) is 0 Å².